The first-order valence-electron chi connectivity index (χ1n) is 7.78. The Labute approximate surface area is 125 Å². The summed E-state index contributed by atoms with van der Waals surface area (Å²) in [4.78, 5) is 14.4. The van der Waals surface area contributed by atoms with E-state index < -0.39 is 0 Å². The number of hydrogen-bond donors (Lipinski definition) is 1. The molecule has 2 fully saturated rings. The third-order valence-corrected chi connectivity index (χ3v) is 4.29. The Balaban J connectivity index is 1.60. The third-order valence-electron chi connectivity index (χ3n) is 4.29. The van der Waals surface area contributed by atoms with E-state index in [1.807, 2.05) is 23.4 Å². The van der Waals surface area contributed by atoms with Crippen LogP contribution in [0.4, 0.5) is 0 Å². The lowest BCUT2D eigenvalue weighted by Gasteiger charge is -2.34. The average Bonchev–Trinajstić information content (AvgIpc) is 3.09. The van der Waals surface area contributed by atoms with Gasteiger partial charge in [-0.25, -0.2) is 0 Å². The summed E-state index contributed by atoms with van der Waals surface area (Å²) in [5.41, 5.74) is 2.16. The number of rotatable bonds is 3. The van der Waals surface area contributed by atoms with Crippen molar-refractivity contribution in [1.82, 2.24) is 20.0 Å². The molecule has 0 radical (unpaired) electrons. The van der Waals surface area contributed by atoms with Gasteiger partial charge in [-0.2, -0.15) is 5.10 Å². The molecule has 1 aromatic heterocycles. The first-order chi connectivity index (χ1) is 10.1. The largest absolute Gasteiger partial charge is 0.373 e. The molecule has 116 valence electrons. The number of ether oxygens (including phenoxy) is 1. The van der Waals surface area contributed by atoms with Gasteiger partial charge in [0.25, 0.3) is 0 Å². The van der Waals surface area contributed by atoms with Crippen LogP contribution in [0.2, 0.25) is 0 Å². The standard InChI is InChI=1S/C15H24N4O2/c1-11-8-12(2)19(17-11)10-13-9-18(6-7-21-13)15(20)14-4-3-5-16-14/h8,13-14,16H,3-7,9-10H2,1-2H3/t13?,14-/m0/s1. The van der Waals surface area contributed by atoms with Gasteiger partial charge in [-0.05, 0) is 39.3 Å². The molecule has 2 aliphatic heterocycles. The van der Waals surface area contributed by atoms with Crippen LogP contribution in [0.1, 0.15) is 24.2 Å². The van der Waals surface area contributed by atoms with Gasteiger partial charge in [0.05, 0.1) is 31.0 Å². The van der Waals surface area contributed by atoms with E-state index in [0.29, 0.717) is 26.2 Å². The molecule has 0 aliphatic carbocycles. The summed E-state index contributed by atoms with van der Waals surface area (Å²) >= 11 is 0. The van der Waals surface area contributed by atoms with E-state index in [0.717, 1.165) is 30.8 Å². The van der Waals surface area contributed by atoms with Crippen LogP contribution >= 0.6 is 0 Å². The van der Waals surface area contributed by atoms with Crippen LogP contribution < -0.4 is 5.32 Å². The van der Waals surface area contributed by atoms with E-state index in [9.17, 15) is 4.79 Å². The molecule has 1 N–H and O–H groups in total. The van der Waals surface area contributed by atoms with Crippen LogP contribution in [0, 0.1) is 13.8 Å². The maximum Gasteiger partial charge on any atom is 0.239 e. The summed E-state index contributed by atoms with van der Waals surface area (Å²) in [5, 5.41) is 7.75. The van der Waals surface area contributed by atoms with Crippen molar-refractivity contribution in [2.45, 2.75) is 45.4 Å². The number of nitrogens with zero attached hydrogens (tertiary/aromatic N) is 3. The lowest BCUT2D eigenvalue weighted by atomic mass is 10.1. The fourth-order valence-electron chi connectivity index (χ4n) is 3.20. The highest BCUT2D eigenvalue weighted by atomic mass is 16.5. The van der Waals surface area contributed by atoms with Crippen molar-refractivity contribution in [1.29, 1.82) is 0 Å². The van der Waals surface area contributed by atoms with Gasteiger partial charge in [-0.1, -0.05) is 0 Å². The number of carbonyl (C=O) groups is 1. The average molecular weight is 292 g/mol. The zero-order valence-corrected chi connectivity index (χ0v) is 12.8. The van der Waals surface area contributed by atoms with E-state index >= 15 is 0 Å². The van der Waals surface area contributed by atoms with E-state index in [2.05, 4.69) is 16.5 Å². The van der Waals surface area contributed by atoms with Gasteiger partial charge in [0.1, 0.15) is 0 Å². The Morgan fingerprint density at radius 2 is 2.38 bits per heavy atom. The van der Waals surface area contributed by atoms with Gasteiger partial charge in [0.15, 0.2) is 0 Å². The monoisotopic (exact) mass is 292 g/mol. The van der Waals surface area contributed by atoms with Gasteiger partial charge < -0.3 is 15.0 Å². The molecular weight excluding hydrogens is 268 g/mol. The van der Waals surface area contributed by atoms with Gasteiger partial charge in [0, 0.05) is 18.8 Å². The van der Waals surface area contributed by atoms with Crippen LogP contribution in [0.3, 0.4) is 0 Å². The number of aryl methyl sites for hydroxylation is 2. The Kier molecular flexibility index (Phi) is 4.26. The van der Waals surface area contributed by atoms with E-state index in [4.69, 9.17) is 4.74 Å². The number of morpholine rings is 1. The van der Waals surface area contributed by atoms with Crippen molar-refractivity contribution >= 4 is 5.91 Å². The quantitative estimate of drug-likeness (QED) is 0.880. The summed E-state index contributed by atoms with van der Waals surface area (Å²) < 4.78 is 7.79. The normalized spacial score (nSPS) is 26.3. The molecule has 2 atom stereocenters. The molecular formula is C15H24N4O2. The number of aromatic nitrogens is 2. The minimum Gasteiger partial charge on any atom is -0.373 e. The van der Waals surface area contributed by atoms with E-state index in [1.54, 1.807) is 0 Å². The Hall–Kier alpha value is -1.40. The minimum atomic E-state index is 0.0115. The first-order valence-corrected chi connectivity index (χ1v) is 7.78. The van der Waals surface area contributed by atoms with Gasteiger partial charge in [-0.15, -0.1) is 0 Å². The summed E-state index contributed by atoms with van der Waals surface area (Å²) in [7, 11) is 0. The van der Waals surface area contributed by atoms with Crippen molar-refractivity contribution in [3.8, 4) is 0 Å². The fraction of sp³-hybridized carbons (Fsp3) is 0.733. The second-order valence-corrected chi connectivity index (χ2v) is 6.04. The molecule has 2 aliphatic rings. The number of hydrogen-bond acceptors (Lipinski definition) is 4. The SMILES string of the molecule is Cc1cc(C)n(CC2CN(C(=O)[C@@H]3CCCN3)CCO2)n1. The van der Waals surface area contributed by atoms with Gasteiger partial charge >= 0.3 is 0 Å². The Bertz CT molecular complexity index is 508. The third kappa shape index (κ3) is 3.27. The summed E-state index contributed by atoms with van der Waals surface area (Å²) in [6.45, 7) is 7.68. The molecule has 6 nitrogen and oxygen atoms in total. The van der Waals surface area contributed by atoms with Crippen molar-refractivity contribution < 1.29 is 9.53 Å². The Morgan fingerprint density at radius 1 is 1.52 bits per heavy atom. The lowest BCUT2D eigenvalue weighted by molar-refractivity contribution is -0.141. The van der Waals surface area contributed by atoms with Crippen LogP contribution in [0.15, 0.2) is 6.07 Å². The number of carbonyl (C=O) groups excluding carboxylic acids is 1. The second-order valence-electron chi connectivity index (χ2n) is 6.04. The minimum absolute atomic E-state index is 0.0115. The van der Waals surface area contributed by atoms with E-state index in [1.165, 1.54) is 0 Å². The fourth-order valence-corrected chi connectivity index (χ4v) is 3.20. The van der Waals surface area contributed by atoms with Gasteiger partial charge in [-0.3, -0.25) is 9.48 Å². The topological polar surface area (TPSA) is 59.4 Å². The predicted molar refractivity (Wildman–Crippen MR) is 79.0 cm³/mol. The highest BCUT2D eigenvalue weighted by Crippen LogP contribution is 2.14. The molecule has 1 amide bonds. The molecule has 21 heavy (non-hydrogen) atoms. The van der Waals surface area contributed by atoms with Crippen LogP contribution in [-0.2, 0) is 16.1 Å². The van der Waals surface area contributed by atoms with Crippen molar-refractivity contribution in [3.63, 3.8) is 0 Å². The molecule has 0 saturated carbocycles. The lowest BCUT2D eigenvalue weighted by Crippen LogP contribution is -2.52. The summed E-state index contributed by atoms with van der Waals surface area (Å²) in [6, 6.07) is 2.08. The van der Waals surface area contributed by atoms with Crippen molar-refractivity contribution in [2.24, 2.45) is 0 Å². The highest BCUT2D eigenvalue weighted by molar-refractivity contribution is 5.82. The zero-order valence-electron chi connectivity index (χ0n) is 12.8. The predicted octanol–water partition coefficient (Wildman–Crippen LogP) is 0.479. The summed E-state index contributed by atoms with van der Waals surface area (Å²) in [5.74, 6) is 0.231. The molecule has 0 spiro atoms. The van der Waals surface area contributed by atoms with Crippen LogP contribution in [-0.4, -0.2) is 59.0 Å². The second kappa shape index (κ2) is 6.15. The summed E-state index contributed by atoms with van der Waals surface area (Å²) in [6.07, 6.45) is 2.08. The van der Waals surface area contributed by atoms with E-state index in [-0.39, 0.29) is 18.1 Å². The molecule has 6 heteroatoms. The molecule has 1 aromatic rings. The molecule has 3 rings (SSSR count). The van der Waals surface area contributed by atoms with Gasteiger partial charge in [0.2, 0.25) is 5.91 Å². The Morgan fingerprint density at radius 3 is 3.05 bits per heavy atom. The molecule has 3 heterocycles. The number of nitrogens with one attached hydrogen (secondary N) is 1. The number of amides is 1. The van der Waals surface area contributed by atoms with Crippen molar-refractivity contribution in [3.05, 3.63) is 17.5 Å². The van der Waals surface area contributed by atoms with Crippen LogP contribution in [0.25, 0.3) is 0 Å². The van der Waals surface area contributed by atoms with Crippen LogP contribution in [0.5, 0.6) is 0 Å². The highest BCUT2D eigenvalue weighted by Gasteiger charge is 2.31. The molecule has 0 aromatic carbocycles. The molecule has 0 bridgehead atoms. The zero-order chi connectivity index (χ0) is 14.8. The maximum atomic E-state index is 12.5. The molecule has 2 saturated heterocycles. The first kappa shape index (κ1) is 14.5. The smallest absolute Gasteiger partial charge is 0.239 e. The van der Waals surface area contributed by atoms with Crippen molar-refractivity contribution in [2.75, 3.05) is 26.2 Å². The maximum absolute atomic E-state index is 12.5. The molecule has 1 unspecified atom stereocenters.